The number of hydrogen-bond acceptors (Lipinski definition) is 3. The Hall–Kier alpha value is -0.420. The molecule has 0 rings (SSSR count). The molecule has 0 fully saturated rings. The molecule has 2 unspecified atom stereocenters. The molecule has 0 aliphatic carbocycles. The Bertz CT molecular complexity index is 210. The second-order valence-corrected chi connectivity index (χ2v) is 5.50. The van der Waals surface area contributed by atoms with Gasteiger partial charge in [-0.15, -0.1) is 0 Å². The SMILES string of the molecule is CC(CCNC(=O)CCCCN)S(C)=O. The molecule has 0 spiro atoms. The zero-order valence-corrected chi connectivity index (χ0v) is 10.4. The largest absolute Gasteiger partial charge is 0.356 e. The summed E-state index contributed by atoms with van der Waals surface area (Å²) in [7, 11) is -0.800. The van der Waals surface area contributed by atoms with Gasteiger partial charge in [-0.2, -0.15) is 0 Å². The summed E-state index contributed by atoms with van der Waals surface area (Å²) in [5.41, 5.74) is 5.32. The van der Waals surface area contributed by atoms with Crippen molar-refractivity contribution in [3.05, 3.63) is 0 Å². The molecule has 0 radical (unpaired) electrons. The van der Waals surface area contributed by atoms with Crippen molar-refractivity contribution in [1.82, 2.24) is 5.32 Å². The second kappa shape index (κ2) is 8.85. The average Bonchev–Trinajstić information content (AvgIpc) is 2.18. The lowest BCUT2D eigenvalue weighted by molar-refractivity contribution is -0.121. The molecule has 15 heavy (non-hydrogen) atoms. The maximum atomic E-state index is 11.2. The van der Waals surface area contributed by atoms with Crippen LogP contribution in [0.3, 0.4) is 0 Å². The highest BCUT2D eigenvalue weighted by molar-refractivity contribution is 7.84. The van der Waals surface area contributed by atoms with E-state index in [1.165, 1.54) is 0 Å². The Morgan fingerprint density at radius 1 is 1.47 bits per heavy atom. The van der Waals surface area contributed by atoms with Gasteiger partial charge in [0, 0.05) is 35.3 Å². The quantitative estimate of drug-likeness (QED) is 0.597. The third-order valence-electron chi connectivity index (χ3n) is 2.30. The highest BCUT2D eigenvalue weighted by Crippen LogP contribution is 1.98. The Morgan fingerprint density at radius 2 is 2.13 bits per heavy atom. The molecule has 1 amide bonds. The summed E-state index contributed by atoms with van der Waals surface area (Å²) in [6.45, 7) is 3.18. The van der Waals surface area contributed by atoms with Gasteiger partial charge < -0.3 is 11.1 Å². The third kappa shape index (κ3) is 8.57. The van der Waals surface area contributed by atoms with Crippen molar-refractivity contribution in [2.45, 2.75) is 37.9 Å². The molecule has 0 aromatic heterocycles. The Labute approximate surface area is 94.4 Å². The van der Waals surface area contributed by atoms with E-state index in [-0.39, 0.29) is 11.2 Å². The van der Waals surface area contributed by atoms with Crippen molar-refractivity contribution in [2.24, 2.45) is 5.73 Å². The molecule has 3 N–H and O–H groups in total. The first-order valence-corrected chi connectivity index (χ1v) is 6.99. The fraction of sp³-hybridized carbons (Fsp3) is 0.900. The lowest BCUT2D eigenvalue weighted by atomic mass is 10.2. The van der Waals surface area contributed by atoms with Crippen LogP contribution < -0.4 is 11.1 Å². The van der Waals surface area contributed by atoms with Crippen molar-refractivity contribution in [3.63, 3.8) is 0 Å². The van der Waals surface area contributed by atoms with Gasteiger partial charge in [0.15, 0.2) is 0 Å². The van der Waals surface area contributed by atoms with E-state index in [4.69, 9.17) is 5.73 Å². The first-order valence-electron chi connectivity index (χ1n) is 5.37. The lowest BCUT2D eigenvalue weighted by Gasteiger charge is -2.09. The molecule has 90 valence electrons. The van der Waals surface area contributed by atoms with Gasteiger partial charge in [0.2, 0.25) is 5.91 Å². The normalized spacial score (nSPS) is 14.6. The number of nitrogens with two attached hydrogens (primary N) is 1. The number of carbonyl (C=O) groups is 1. The van der Waals surface area contributed by atoms with Crippen LogP contribution in [0.1, 0.15) is 32.6 Å². The maximum Gasteiger partial charge on any atom is 0.219 e. The molecule has 4 nitrogen and oxygen atoms in total. The highest BCUT2D eigenvalue weighted by Gasteiger charge is 2.06. The van der Waals surface area contributed by atoms with Crippen LogP contribution in [0.4, 0.5) is 0 Å². The number of hydrogen-bond donors (Lipinski definition) is 2. The molecule has 0 heterocycles. The first-order chi connectivity index (χ1) is 7.07. The number of unbranched alkanes of at least 4 members (excludes halogenated alkanes) is 1. The van der Waals surface area contributed by atoms with Crippen LogP contribution in [0.2, 0.25) is 0 Å². The number of carbonyl (C=O) groups excluding carboxylic acids is 1. The predicted molar refractivity (Wildman–Crippen MR) is 64.1 cm³/mol. The van der Waals surface area contributed by atoms with Gasteiger partial charge in [0.05, 0.1) is 0 Å². The molecule has 0 saturated carbocycles. The van der Waals surface area contributed by atoms with Gasteiger partial charge in [-0.05, 0) is 25.8 Å². The van der Waals surface area contributed by atoms with Crippen LogP contribution in [0.25, 0.3) is 0 Å². The minimum Gasteiger partial charge on any atom is -0.356 e. The zero-order chi connectivity index (χ0) is 11.7. The van der Waals surface area contributed by atoms with Gasteiger partial charge in [0.1, 0.15) is 0 Å². The zero-order valence-electron chi connectivity index (χ0n) is 9.62. The van der Waals surface area contributed by atoms with Crippen LogP contribution >= 0.6 is 0 Å². The molecular formula is C10H22N2O2S. The van der Waals surface area contributed by atoms with E-state index >= 15 is 0 Å². The molecule has 5 heteroatoms. The van der Waals surface area contributed by atoms with Crippen molar-refractivity contribution in [2.75, 3.05) is 19.3 Å². The topological polar surface area (TPSA) is 72.2 Å². The Kier molecular flexibility index (Phi) is 8.61. The fourth-order valence-corrected chi connectivity index (χ4v) is 1.55. The van der Waals surface area contributed by atoms with Crippen LogP contribution in [-0.4, -0.2) is 34.7 Å². The number of rotatable bonds is 8. The molecule has 0 aromatic carbocycles. The molecule has 0 saturated heterocycles. The second-order valence-electron chi connectivity index (χ2n) is 3.69. The van der Waals surface area contributed by atoms with Gasteiger partial charge in [0.25, 0.3) is 0 Å². The van der Waals surface area contributed by atoms with Crippen LogP contribution in [0.5, 0.6) is 0 Å². The number of nitrogens with one attached hydrogen (secondary N) is 1. The molecule has 0 aromatic rings. The van der Waals surface area contributed by atoms with Gasteiger partial charge in [-0.1, -0.05) is 6.92 Å². The fourth-order valence-electron chi connectivity index (χ4n) is 1.10. The summed E-state index contributed by atoms with van der Waals surface area (Å²) in [5, 5.41) is 2.96. The van der Waals surface area contributed by atoms with E-state index in [2.05, 4.69) is 5.32 Å². The number of amides is 1. The maximum absolute atomic E-state index is 11.2. The van der Waals surface area contributed by atoms with Crippen molar-refractivity contribution < 1.29 is 9.00 Å². The smallest absolute Gasteiger partial charge is 0.219 e. The molecule has 0 bridgehead atoms. The molecule has 0 aliphatic heterocycles. The summed E-state index contributed by atoms with van der Waals surface area (Å²) in [4.78, 5) is 11.2. The lowest BCUT2D eigenvalue weighted by Crippen LogP contribution is -2.27. The van der Waals surface area contributed by atoms with E-state index in [0.29, 0.717) is 19.5 Å². The van der Waals surface area contributed by atoms with Crippen LogP contribution in [0.15, 0.2) is 0 Å². The standard InChI is InChI=1S/C10H22N2O2S/c1-9(15(2)14)6-8-12-10(13)5-3-4-7-11/h9H,3-8,11H2,1-2H3,(H,12,13). The summed E-state index contributed by atoms with van der Waals surface area (Å²) in [6, 6.07) is 0. The third-order valence-corrected chi connectivity index (χ3v) is 3.67. The summed E-state index contributed by atoms with van der Waals surface area (Å²) in [5.74, 6) is 0.0672. The van der Waals surface area contributed by atoms with E-state index in [1.54, 1.807) is 6.26 Å². The Morgan fingerprint density at radius 3 is 2.67 bits per heavy atom. The van der Waals surface area contributed by atoms with Crippen LogP contribution in [0, 0.1) is 0 Å². The highest BCUT2D eigenvalue weighted by atomic mass is 32.2. The molecular weight excluding hydrogens is 212 g/mol. The summed E-state index contributed by atoms with van der Waals surface area (Å²) >= 11 is 0. The van der Waals surface area contributed by atoms with E-state index in [0.717, 1.165) is 19.3 Å². The van der Waals surface area contributed by atoms with Gasteiger partial charge in [-0.3, -0.25) is 9.00 Å². The monoisotopic (exact) mass is 234 g/mol. The van der Waals surface area contributed by atoms with Gasteiger partial charge >= 0.3 is 0 Å². The summed E-state index contributed by atoms with van der Waals surface area (Å²) in [6.07, 6.45) is 4.74. The minimum absolute atomic E-state index is 0.0672. The first kappa shape index (κ1) is 14.6. The van der Waals surface area contributed by atoms with E-state index in [9.17, 15) is 9.00 Å². The molecule has 0 aliphatic rings. The van der Waals surface area contributed by atoms with Crippen molar-refractivity contribution >= 4 is 16.7 Å². The van der Waals surface area contributed by atoms with E-state index in [1.807, 2.05) is 6.92 Å². The minimum atomic E-state index is -0.800. The summed E-state index contributed by atoms with van der Waals surface area (Å²) < 4.78 is 11.0. The van der Waals surface area contributed by atoms with Crippen LogP contribution in [-0.2, 0) is 15.6 Å². The predicted octanol–water partition coefficient (Wildman–Crippen LogP) is 0.389. The van der Waals surface area contributed by atoms with Gasteiger partial charge in [-0.25, -0.2) is 0 Å². The Balaban J connectivity index is 3.42. The van der Waals surface area contributed by atoms with E-state index < -0.39 is 10.8 Å². The average molecular weight is 234 g/mol. The molecule has 2 atom stereocenters. The van der Waals surface area contributed by atoms with Crippen molar-refractivity contribution in [3.8, 4) is 0 Å². The van der Waals surface area contributed by atoms with Crippen molar-refractivity contribution in [1.29, 1.82) is 0 Å².